The van der Waals surface area contributed by atoms with Gasteiger partial charge in [0.15, 0.2) is 0 Å². The summed E-state index contributed by atoms with van der Waals surface area (Å²) in [5.41, 5.74) is 0.381. The summed E-state index contributed by atoms with van der Waals surface area (Å²) >= 11 is 0. The molecule has 130 valence electrons. The predicted molar refractivity (Wildman–Crippen MR) is 91.5 cm³/mol. The van der Waals surface area contributed by atoms with Gasteiger partial charge in [-0.1, -0.05) is 13.8 Å². The van der Waals surface area contributed by atoms with Gasteiger partial charge in [0.1, 0.15) is 0 Å². The number of nitrogens with zero attached hydrogens (tertiary/aromatic N) is 2. The van der Waals surface area contributed by atoms with E-state index in [0.29, 0.717) is 29.7 Å². The van der Waals surface area contributed by atoms with Crippen molar-refractivity contribution >= 4 is 5.91 Å². The van der Waals surface area contributed by atoms with Crippen LogP contribution in [0.2, 0.25) is 0 Å². The molecule has 0 aliphatic rings. The summed E-state index contributed by atoms with van der Waals surface area (Å²) in [4.78, 5) is 12.2. The fraction of sp³-hybridized carbons (Fsp3) is 0.500. The minimum absolute atomic E-state index is 0.215. The number of nitrogens with one attached hydrogen (secondary N) is 1. The van der Waals surface area contributed by atoms with E-state index in [9.17, 15) is 9.90 Å². The number of aryl methyl sites for hydroxylation is 1. The average molecular weight is 331 g/mol. The number of carbonyl (C=O) groups is 1. The Hall–Kier alpha value is -2.21. The molecule has 0 saturated heterocycles. The van der Waals surface area contributed by atoms with Crippen molar-refractivity contribution in [3.8, 4) is 11.5 Å². The average Bonchev–Trinajstić information content (AvgIpc) is 2.98. The van der Waals surface area contributed by atoms with Gasteiger partial charge in [0, 0.05) is 24.6 Å². The lowest BCUT2D eigenvalue weighted by molar-refractivity contribution is 0.0429. The molecule has 0 saturated carbocycles. The predicted octanol–water partition coefficient (Wildman–Crippen LogP) is 2.96. The SMILES string of the molecule is Cc1nnc(-c2ccc(C(=O)NCC(C)(O)CCC(C)C)cc2)o1. The standard InChI is InChI=1S/C18H25N3O3/c1-12(2)9-10-18(4,23)11-19-16(22)14-5-7-15(8-6-14)17-21-20-13(3)24-17/h5-8,12,23H,9-11H2,1-4H3,(H,19,22). The Morgan fingerprint density at radius 2 is 1.96 bits per heavy atom. The third kappa shape index (κ3) is 5.16. The Kier molecular flexibility index (Phi) is 5.72. The number of aromatic nitrogens is 2. The zero-order chi connectivity index (χ0) is 17.7. The van der Waals surface area contributed by atoms with Gasteiger partial charge >= 0.3 is 0 Å². The molecule has 6 heteroatoms. The smallest absolute Gasteiger partial charge is 0.251 e. The zero-order valence-electron chi connectivity index (χ0n) is 14.7. The summed E-state index contributed by atoms with van der Waals surface area (Å²) in [6.07, 6.45) is 1.57. The highest BCUT2D eigenvalue weighted by Gasteiger charge is 2.21. The lowest BCUT2D eigenvalue weighted by Crippen LogP contribution is -2.40. The maximum absolute atomic E-state index is 12.2. The second-order valence-corrected chi connectivity index (χ2v) is 6.82. The Morgan fingerprint density at radius 1 is 1.29 bits per heavy atom. The minimum Gasteiger partial charge on any atom is -0.421 e. The summed E-state index contributed by atoms with van der Waals surface area (Å²) in [5, 5.41) is 20.8. The van der Waals surface area contributed by atoms with Gasteiger partial charge in [-0.2, -0.15) is 0 Å². The quantitative estimate of drug-likeness (QED) is 0.814. The van der Waals surface area contributed by atoms with Crippen LogP contribution in [0.25, 0.3) is 11.5 Å². The van der Waals surface area contributed by atoms with Gasteiger partial charge in [-0.15, -0.1) is 10.2 Å². The van der Waals surface area contributed by atoms with Gasteiger partial charge in [0.25, 0.3) is 5.91 Å². The number of benzene rings is 1. The van der Waals surface area contributed by atoms with Gasteiger partial charge in [0.2, 0.25) is 11.8 Å². The first-order valence-corrected chi connectivity index (χ1v) is 8.18. The van der Waals surface area contributed by atoms with Crippen molar-refractivity contribution in [2.45, 2.75) is 46.1 Å². The molecule has 2 aromatic rings. The normalized spacial score (nSPS) is 13.8. The van der Waals surface area contributed by atoms with E-state index in [0.717, 1.165) is 12.0 Å². The molecule has 1 aromatic heterocycles. The number of rotatable bonds is 7. The summed E-state index contributed by atoms with van der Waals surface area (Å²) in [6.45, 7) is 7.92. The van der Waals surface area contributed by atoms with E-state index in [4.69, 9.17) is 4.42 Å². The van der Waals surface area contributed by atoms with Gasteiger partial charge in [0.05, 0.1) is 5.60 Å². The van der Waals surface area contributed by atoms with Crippen molar-refractivity contribution in [2.75, 3.05) is 6.54 Å². The molecule has 0 fully saturated rings. The molecule has 0 aliphatic carbocycles. The molecule has 0 bridgehead atoms. The van der Waals surface area contributed by atoms with Gasteiger partial charge in [-0.25, -0.2) is 0 Å². The van der Waals surface area contributed by atoms with Crippen LogP contribution in [0.4, 0.5) is 0 Å². The highest BCUT2D eigenvalue weighted by atomic mass is 16.4. The minimum atomic E-state index is -0.902. The first-order valence-electron chi connectivity index (χ1n) is 8.18. The molecule has 6 nitrogen and oxygen atoms in total. The summed E-state index contributed by atoms with van der Waals surface area (Å²) in [7, 11) is 0. The van der Waals surface area contributed by atoms with Crippen molar-refractivity contribution in [1.29, 1.82) is 0 Å². The lowest BCUT2D eigenvalue weighted by Gasteiger charge is -2.24. The Labute approximate surface area is 142 Å². The monoisotopic (exact) mass is 331 g/mol. The third-order valence-electron chi connectivity index (χ3n) is 3.81. The highest BCUT2D eigenvalue weighted by molar-refractivity contribution is 5.94. The van der Waals surface area contributed by atoms with E-state index >= 15 is 0 Å². The Morgan fingerprint density at radius 3 is 2.50 bits per heavy atom. The van der Waals surface area contributed by atoms with Gasteiger partial charge in [-0.05, 0) is 49.9 Å². The Balaban J connectivity index is 1.93. The molecule has 0 radical (unpaired) electrons. The lowest BCUT2D eigenvalue weighted by atomic mass is 9.95. The van der Waals surface area contributed by atoms with E-state index in [2.05, 4.69) is 29.4 Å². The fourth-order valence-corrected chi connectivity index (χ4v) is 2.24. The molecule has 1 heterocycles. The topological polar surface area (TPSA) is 88.2 Å². The van der Waals surface area contributed by atoms with Crippen LogP contribution in [0.5, 0.6) is 0 Å². The van der Waals surface area contributed by atoms with E-state index in [1.165, 1.54) is 0 Å². The first kappa shape index (κ1) is 18.1. The van der Waals surface area contributed by atoms with Crippen molar-refractivity contribution in [1.82, 2.24) is 15.5 Å². The fourth-order valence-electron chi connectivity index (χ4n) is 2.24. The van der Waals surface area contributed by atoms with Crippen LogP contribution < -0.4 is 5.32 Å². The van der Waals surface area contributed by atoms with Crippen molar-refractivity contribution in [3.63, 3.8) is 0 Å². The van der Waals surface area contributed by atoms with E-state index in [1.807, 2.05) is 0 Å². The number of carbonyl (C=O) groups excluding carboxylic acids is 1. The molecule has 1 amide bonds. The van der Waals surface area contributed by atoms with E-state index < -0.39 is 5.60 Å². The number of aliphatic hydroxyl groups is 1. The molecule has 0 aliphatic heterocycles. The second-order valence-electron chi connectivity index (χ2n) is 6.82. The largest absolute Gasteiger partial charge is 0.421 e. The molecule has 24 heavy (non-hydrogen) atoms. The van der Waals surface area contributed by atoms with Gasteiger partial charge < -0.3 is 14.8 Å². The van der Waals surface area contributed by atoms with Crippen LogP contribution in [-0.4, -0.2) is 33.4 Å². The van der Waals surface area contributed by atoms with Crippen molar-refractivity contribution in [3.05, 3.63) is 35.7 Å². The van der Waals surface area contributed by atoms with Crippen LogP contribution >= 0.6 is 0 Å². The zero-order valence-corrected chi connectivity index (χ0v) is 14.7. The molecule has 2 N–H and O–H groups in total. The van der Waals surface area contributed by atoms with Crippen molar-refractivity contribution in [2.24, 2.45) is 5.92 Å². The molecule has 2 rings (SSSR count). The van der Waals surface area contributed by atoms with E-state index in [-0.39, 0.29) is 12.5 Å². The molecular weight excluding hydrogens is 306 g/mol. The van der Waals surface area contributed by atoms with E-state index in [1.54, 1.807) is 38.1 Å². The van der Waals surface area contributed by atoms with Gasteiger partial charge in [-0.3, -0.25) is 4.79 Å². The number of hydrogen-bond donors (Lipinski definition) is 2. The summed E-state index contributed by atoms with van der Waals surface area (Å²) < 4.78 is 5.35. The molecule has 1 aromatic carbocycles. The Bertz CT molecular complexity index is 675. The number of hydrogen-bond acceptors (Lipinski definition) is 5. The van der Waals surface area contributed by atoms with Crippen LogP contribution in [0.1, 0.15) is 49.9 Å². The summed E-state index contributed by atoms with van der Waals surface area (Å²) in [6, 6.07) is 6.93. The summed E-state index contributed by atoms with van der Waals surface area (Å²) in [5.74, 6) is 1.23. The highest BCUT2D eigenvalue weighted by Crippen LogP contribution is 2.19. The van der Waals surface area contributed by atoms with Crippen LogP contribution in [0.3, 0.4) is 0 Å². The third-order valence-corrected chi connectivity index (χ3v) is 3.81. The number of amides is 1. The van der Waals surface area contributed by atoms with Crippen LogP contribution in [0.15, 0.2) is 28.7 Å². The molecule has 1 unspecified atom stereocenters. The molecule has 1 atom stereocenters. The maximum atomic E-state index is 12.2. The first-order chi connectivity index (χ1) is 11.3. The van der Waals surface area contributed by atoms with Crippen molar-refractivity contribution < 1.29 is 14.3 Å². The second kappa shape index (κ2) is 7.57. The molecule has 0 spiro atoms. The van der Waals surface area contributed by atoms with Crippen LogP contribution in [0, 0.1) is 12.8 Å². The molecular formula is C18H25N3O3. The maximum Gasteiger partial charge on any atom is 0.251 e. The van der Waals surface area contributed by atoms with Crippen LogP contribution in [-0.2, 0) is 0 Å².